The zero-order valence-corrected chi connectivity index (χ0v) is 21.1. The van der Waals surface area contributed by atoms with Gasteiger partial charge in [0.2, 0.25) is 0 Å². The van der Waals surface area contributed by atoms with Gasteiger partial charge in [-0.15, -0.1) is 0 Å². The maximum atomic E-state index is 13.1. The van der Waals surface area contributed by atoms with Crippen molar-refractivity contribution in [2.75, 3.05) is 20.8 Å². The van der Waals surface area contributed by atoms with Gasteiger partial charge in [-0.05, 0) is 60.0 Å². The Bertz CT molecular complexity index is 1450. The Kier molecular flexibility index (Phi) is 8.63. The van der Waals surface area contributed by atoms with Crippen LogP contribution in [0.3, 0.4) is 0 Å². The van der Waals surface area contributed by atoms with E-state index in [2.05, 4.69) is 10.3 Å². The summed E-state index contributed by atoms with van der Waals surface area (Å²) in [6.07, 6.45) is 5.20. The lowest BCUT2D eigenvalue weighted by Crippen LogP contribution is -2.40. The fourth-order valence-electron chi connectivity index (χ4n) is 4.06. The fraction of sp³-hybridized carbons (Fsp3) is 0.172. The molecule has 0 spiro atoms. The van der Waals surface area contributed by atoms with Crippen LogP contribution in [0.1, 0.15) is 21.5 Å². The van der Waals surface area contributed by atoms with E-state index in [4.69, 9.17) is 19.4 Å². The van der Waals surface area contributed by atoms with E-state index in [1.54, 1.807) is 55.1 Å². The molecule has 0 aliphatic rings. The number of nitrogens with one attached hydrogen (secondary N) is 3. The van der Waals surface area contributed by atoms with E-state index < -0.39 is 5.91 Å². The van der Waals surface area contributed by atoms with Crippen LogP contribution in [-0.2, 0) is 11.2 Å². The molecular formula is C29H29N3O6. The Balaban J connectivity index is 1.54. The van der Waals surface area contributed by atoms with Crippen LogP contribution in [0.25, 0.3) is 17.0 Å². The normalized spacial score (nSPS) is 11.8. The first kappa shape index (κ1) is 26.3. The molecule has 196 valence electrons. The summed E-state index contributed by atoms with van der Waals surface area (Å²) in [6, 6.07) is 19.8. The number of benzene rings is 3. The van der Waals surface area contributed by atoms with E-state index in [0.717, 1.165) is 16.5 Å². The summed E-state index contributed by atoms with van der Waals surface area (Å²) in [5.74, 6) is 0.651. The van der Waals surface area contributed by atoms with Gasteiger partial charge in [0, 0.05) is 28.7 Å². The van der Waals surface area contributed by atoms with Crippen LogP contribution in [0, 0.1) is 0 Å². The number of methoxy groups -OCH3 is 2. The maximum Gasteiger partial charge on any atom is 0.267 e. The second-order valence-electron chi connectivity index (χ2n) is 8.50. The molecule has 0 aliphatic carbocycles. The lowest BCUT2D eigenvalue weighted by molar-refractivity contribution is -0.124. The molecule has 0 fully saturated rings. The number of ether oxygens (including phenoxy) is 3. The third kappa shape index (κ3) is 6.51. The van der Waals surface area contributed by atoms with Gasteiger partial charge in [0.25, 0.3) is 11.8 Å². The van der Waals surface area contributed by atoms with E-state index in [1.165, 1.54) is 19.3 Å². The number of amides is 2. The summed E-state index contributed by atoms with van der Waals surface area (Å²) in [5.41, 5.74) is 4.77. The summed E-state index contributed by atoms with van der Waals surface area (Å²) in [4.78, 5) is 27.7. The standard InChI is InChI=1S/C29H29N3O6/c1-36-23-7-5-6-20(16-23)29(34)31-22(15-21-17-30-25-9-4-3-8-24(21)25)18-38-26-12-10-19(14-27(26)37-2)11-13-28(33)32-35/h3-14,16-17,22,30,35H,15,18H2,1-2H3,(H,31,34)(H,32,33)/b13-11+/t22-/m0/s1. The van der Waals surface area contributed by atoms with Crippen LogP contribution >= 0.6 is 0 Å². The maximum absolute atomic E-state index is 13.1. The Morgan fingerprint density at radius 3 is 2.63 bits per heavy atom. The van der Waals surface area contributed by atoms with Crippen molar-refractivity contribution in [2.24, 2.45) is 0 Å². The minimum atomic E-state index is -0.642. The van der Waals surface area contributed by atoms with Crippen LogP contribution in [0.5, 0.6) is 17.2 Å². The predicted octanol–water partition coefficient (Wildman–Crippen LogP) is 4.12. The Morgan fingerprint density at radius 1 is 1.00 bits per heavy atom. The fourth-order valence-corrected chi connectivity index (χ4v) is 4.06. The zero-order valence-electron chi connectivity index (χ0n) is 21.1. The highest BCUT2D eigenvalue weighted by Crippen LogP contribution is 2.29. The number of hydrogen-bond donors (Lipinski definition) is 4. The number of carbonyl (C=O) groups is 2. The molecule has 9 nitrogen and oxygen atoms in total. The minimum absolute atomic E-state index is 0.174. The highest BCUT2D eigenvalue weighted by molar-refractivity contribution is 5.95. The number of aromatic nitrogens is 1. The SMILES string of the molecule is COc1cccc(C(=O)N[C@H](COc2ccc(/C=C/C(=O)NO)cc2OC)Cc2c[nH]c3ccccc23)c1. The highest BCUT2D eigenvalue weighted by Gasteiger charge is 2.19. The van der Waals surface area contributed by atoms with Crippen LogP contribution in [0.2, 0.25) is 0 Å². The van der Waals surface area contributed by atoms with Crippen molar-refractivity contribution < 1.29 is 29.0 Å². The number of rotatable bonds is 11. The van der Waals surface area contributed by atoms with E-state index in [0.29, 0.717) is 34.8 Å². The van der Waals surface area contributed by atoms with Crippen molar-refractivity contribution in [2.45, 2.75) is 12.5 Å². The summed E-state index contributed by atoms with van der Waals surface area (Å²) < 4.78 is 16.9. The molecule has 1 atom stereocenters. The van der Waals surface area contributed by atoms with Gasteiger partial charge in [-0.2, -0.15) is 0 Å². The molecule has 4 rings (SSSR count). The minimum Gasteiger partial charge on any atom is -0.497 e. The predicted molar refractivity (Wildman–Crippen MR) is 144 cm³/mol. The molecule has 1 heterocycles. The first-order chi connectivity index (χ1) is 18.5. The van der Waals surface area contributed by atoms with Gasteiger partial charge in [-0.25, -0.2) is 5.48 Å². The smallest absolute Gasteiger partial charge is 0.267 e. The lowest BCUT2D eigenvalue weighted by atomic mass is 10.0. The average Bonchev–Trinajstić information content (AvgIpc) is 3.37. The molecule has 4 N–H and O–H groups in total. The number of fused-ring (bicyclic) bond motifs is 1. The van der Waals surface area contributed by atoms with Crippen LogP contribution < -0.4 is 25.0 Å². The molecule has 1 aromatic heterocycles. The molecule has 3 aromatic carbocycles. The van der Waals surface area contributed by atoms with Crippen molar-refractivity contribution in [1.29, 1.82) is 0 Å². The zero-order chi connectivity index (χ0) is 26.9. The van der Waals surface area contributed by atoms with Gasteiger partial charge >= 0.3 is 0 Å². The number of aromatic amines is 1. The quantitative estimate of drug-likeness (QED) is 0.135. The first-order valence-corrected chi connectivity index (χ1v) is 11.9. The van der Waals surface area contributed by atoms with Crippen molar-refractivity contribution in [3.05, 3.63) is 95.7 Å². The van der Waals surface area contributed by atoms with Gasteiger partial charge in [-0.1, -0.05) is 30.3 Å². The molecule has 4 aromatic rings. The molecule has 0 saturated carbocycles. The van der Waals surface area contributed by atoms with Crippen molar-refractivity contribution in [3.8, 4) is 17.2 Å². The van der Waals surface area contributed by atoms with E-state index in [-0.39, 0.29) is 18.6 Å². The first-order valence-electron chi connectivity index (χ1n) is 11.9. The van der Waals surface area contributed by atoms with E-state index >= 15 is 0 Å². The van der Waals surface area contributed by atoms with Gasteiger partial charge in [-0.3, -0.25) is 14.8 Å². The second kappa shape index (κ2) is 12.5. The highest BCUT2D eigenvalue weighted by atomic mass is 16.5. The molecule has 9 heteroatoms. The lowest BCUT2D eigenvalue weighted by Gasteiger charge is -2.20. The summed E-state index contributed by atoms with van der Waals surface area (Å²) in [7, 11) is 3.07. The molecule has 0 bridgehead atoms. The molecular weight excluding hydrogens is 486 g/mol. The molecule has 2 amide bonds. The van der Waals surface area contributed by atoms with Crippen molar-refractivity contribution >= 4 is 28.8 Å². The number of hydroxylamine groups is 1. The summed E-state index contributed by atoms with van der Waals surface area (Å²) >= 11 is 0. The number of hydrogen-bond acceptors (Lipinski definition) is 6. The van der Waals surface area contributed by atoms with Crippen LogP contribution in [-0.4, -0.2) is 48.9 Å². The molecule has 0 radical (unpaired) electrons. The molecule has 38 heavy (non-hydrogen) atoms. The van der Waals surface area contributed by atoms with Crippen molar-refractivity contribution in [3.63, 3.8) is 0 Å². The van der Waals surface area contributed by atoms with E-state index in [9.17, 15) is 9.59 Å². The second-order valence-corrected chi connectivity index (χ2v) is 8.50. The summed E-state index contributed by atoms with van der Waals surface area (Å²) in [6.45, 7) is 0.174. The third-order valence-electron chi connectivity index (χ3n) is 5.97. The Morgan fingerprint density at radius 2 is 1.84 bits per heavy atom. The molecule has 0 unspecified atom stereocenters. The topological polar surface area (TPSA) is 122 Å². The Hall–Kier alpha value is -4.76. The van der Waals surface area contributed by atoms with Gasteiger partial charge in [0.15, 0.2) is 11.5 Å². The molecule has 0 saturated heterocycles. The third-order valence-corrected chi connectivity index (χ3v) is 5.97. The molecule has 0 aliphatic heterocycles. The van der Waals surface area contributed by atoms with Crippen molar-refractivity contribution in [1.82, 2.24) is 15.8 Å². The van der Waals surface area contributed by atoms with Gasteiger partial charge in [0.05, 0.1) is 20.3 Å². The number of H-pyrrole nitrogens is 1. The van der Waals surface area contributed by atoms with Gasteiger partial charge in [0.1, 0.15) is 12.4 Å². The number of para-hydroxylation sites is 1. The van der Waals surface area contributed by atoms with Crippen LogP contribution in [0.15, 0.2) is 79.0 Å². The number of carbonyl (C=O) groups excluding carboxylic acids is 2. The summed E-state index contributed by atoms with van der Waals surface area (Å²) in [5, 5.41) is 12.8. The van der Waals surface area contributed by atoms with Gasteiger partial charge < -0.3 is 24.5 Å². The van der Waals surface area contributed by atoms with E-state index in [1.807, 2.05) is 30.5 Å². The average molecular weight is 516 g/mol. The largest absolute Gasteiger partial charge is 0.497 e. The Labute approximate surface area is 220 Å². The van der Waals surface area contributed by atoms with Crippen LogP contribution in [0.4, 0.5) is 0 Å². The monoisotopic (exact) mass is 515 g/mol.